The summed E-state index contributed by atoms with van der Waals surface area (Å²) in [6.45, 7) is 9.82. The zero-order valence-electron chi connectivity index (χ0n) is 25.5. The highest BCUT2D eigenvalue weighted by molar-refractivity contribution is 5.86. The Labute approximate surface area is 245 Å². The highest BCUT2D eigenvalue weighted by Crippen LogP contribution is 2.27. The Kier molecular flexibility index (Phi) is 11.5. The van der Waals surface area contributed by atoms with Crippen LogP contribution in [0.25, 0.3) is 44.8 Å². The quantitative estimate of drug-likeness (QED) is 0.128. The minimum absolute atomic E-state index is 0.810. The van der Waals surface area contributed by atoms with Gasteiger partial charge in [-0.2, -0.15) is 0 Å². The van der Waals surface area contributed by atoms with Crippen LogP contribution in [0.2, 0.25) is 0 Å². The van der Waals surface area contributed by atoms with Crippen molar-refractivity contribution in [3.05, 3.63) is 71.8 Å². The van der Waals surface area contributed by atoms with Crippen molar-refractivity contribution in [1.29, 1.82) is 0 Å². The van der Waals surface area contributed by atoms with Gasteiger partial charge in [-0.3, -0.25) is 0 Å². The lowest BCUT2D eigenvalue weighted by Gasteiger charge is -2.12. The number of unbranched alkanes of at least 4 members (excludes halogenated alkanes) is 4. The molecule has 6 heteroatoms. The fourth-order valence-corrected chi connectivity index (χ4v) is 5.26. The van der Waals surface area contributed by atoms with Crippen molar-refractivity contribution in [2.24, 2.45) is 5.73 Å². The molecule has 0 fully saturated rings. The number of H-pyrrole nitrogens is 2. The standard InChI is InChI=1S/C28H31N5.C7H17N/c1-19-8-14-23-25(17-19)32-28(31-23)22-13-15-24-26(18-22)33-27(30-24)21-11-9-20(10-12-21)7-5-3-2-4-6-16-29;1-4-6-8(3)7-5-2/h8-15,17-18H,2-7,16,29H2,1H3,(H,30,33)(H,31,32);4-7H2,1-3H3. The van der Waals surface area contributed by atoms with Gasteiger partial charge in [-0.25, -0.2) is 9.97 Å². The highest BCUT2D eigenvalue weighted by Gasteiger charge is 2.10. The lowest BCUT2D eigenvalue weighted by atomic mass is 10.0. The maximum Gasteiger partial charge on any atom is 0.138 e. The van der Waals surface area contributed by atoms with Crippen LogP contribution in [0, 0.1) is 6.92 Å². The number of nitrogens with zero attached hydrogens (tertiary/aromatic N) is 3. The van der Waals surface area contributed by atoms with Gasteiger partial charge >= 0.3 is 0 Å². The third-order valence-corrected chi connectivity index (χ3v) is 7.50. The summed E-state index contributed by atoms with van der Waals surface area (Å²) in [5.74, 6) is 1.77. The molecule has 5 aromatic rings. The Hall–Kier alpha value is -3.48. The highest BCUT2D eigenvalue weighted by atomic mass is 15.1. The Morgan fingerprint density at radius 3 is 1.90 bits per heavy atom. The lowest BCUT2D eigenvalue weighted by molar-refractivity contribution is 0.335. The molecule has 2 aromatic heterocycles. The van der Waals surface area contributed by atoms with E-state index in [-0.39, 0.29) is 0 Å². The van der Waals surface area contributed by atoms with Crippen LogP contribution in [0.3, 0.4) is 0 Å². The summed E-state index contributed by atoms with van der Waals surface area (Å²) in [6.07, 6.45) is 9.86. The number of hydrogen-bond donors (Lipinski definition) is 3. The van der Waals surface area contributed by atoms with Crippen molar-refractivity contribution in [1.82, 2.24) is 24.8 Å². The number of nitrogens with one attached hydrogen (secondary N) is 2. The van der Waals surface area contributed by atoms with Gasteiger partial charge in [0.25, 0.3) is 0 Å². The first-order chi connectivity index (χ1) is 20.0. The van der Waals surface area contributed by atoms with Gasteiger partial charge in [0.1, 0.15) is 11.6 Å². The normalized spacial score (nSPS) is 11.4. The Balaban J connectivity index is 0.000000426. The monoisotopic (exact) mass is 552 g/mol. The number of benzene rings is 3. The van der Waals surface area contributed by atoms with Gasteiger partial charge in [-0.15, -0.1) is 0 Å². The summed E-state index contributed by atoms with van der Waals surface area (Å²) in [7, 11) is 2.17. The first-order valence-electron chi connectivity index (χ1n) is 15.4. The molecule has 218 valence electrons. The minimum Gasteiger partial charge on any atom is -0.338 e. The van der Waals surface area contributed by atoms with Gasteiger partial charge in [0, 0.05) is 11.1 Å². The molecule has 0 spiro atoms. The van der Waals surface area contributed by atoms with Crippen molar-refractivity contribution in [2.45, 2.75) is 72.1 Å². The molecule has 41 heavy (non-hydrogen) atoms. The topological polar surface area (TPSA) is 86.6 Å². The summed E-state index contributed by atoms with van der Waals surface area (Å²) in [5, 5.41) is 0. The zero-order valence-corrected chi connectivity index (χ0v) is 25.5. The van der Waals surface area contributed by atoms with Gasteiger partial charge in [0.2, 0.25) is 0 Å². The Morgan fingerprint density at radius 2 is 1.24 bits per heavy atom. The molecule has 6 nitrogen and oxygen atoms in total. The summed E-state index contributed by atoms with van der Waals surface area (Å²) in [4.78, 5) is 18.9. The van der Waals surface area contributed by atoms with Gasteiger partial charge in [0.15, 0.2) is 0 Å². The molecule has 0 aliphatic carbocycles. The van der Waals surface area contributed by atoms with E-state index >= 15 is 0 Å². The summed E-state index contributed by atoms with van der Waals surface area (Å²) in [5.41, 5.74) is 14.3. The van der Waals surface area contributed by atoms with Gasteiger partial charge in [-0.05, 0) is 107 Å². The van der Waals surface area contributed by atoms with Crippen LogP contribution >= 0.6 is 0 Å². The number of aromatic nitrogens is 4. The molecule has 0 saturated heterocycles. The number of aryl methyl sites for hydroxylation is 2. The number of nitrogens with two attached hydrogens (primary N) is 1. The van der Waals surface area contributed by atoms with E-state index in [1.54, 1.807) is 0 Å². The van der Waals surface area contributed by atoms with Crippen LogP contribution in [0.4, 0.5) is 0 Å². The first kappa shape index (κ1) is 30.5. The Bertz CT molecular complexity index is 1470. The van der Waals surface area contributed by atoms with Gasteiger partial charge in [0.05, 0.1) is 22.1 Å². The van der Waals surface area contributed by atoms with Crippen LogP contribution in [-0.4, -0.2) is 51.5 Å². The van der Waals surface area contributed by atoms with Gasteiger partial charge < -0.3 is 20.6 Å². The molecule has 3 aromatic carbocycles. The molecular weight excluding hydrogens is 504 g/mol. The largest absolute Gasteiger partial charge is 0.338 e. The minimum atomic E-state index is 0.810. The Morgan fingerprint density at radius 1 is 0.683 bits per heavy atom. The van der Waals surface area contributed by atoms with E-state index in [0.29, 0.717) is 0 Å². The molecule has 5 rings (SSSR count). The number of hydrogen-bond acceptors (Lipinski definition) is 4. The predicted octanol–water partition coefficient (Wildman–Crippen LogP) is 8.27. The van der Waals surface area contributed by atoms with Crippen molar-refractivity contribution in [3.63, 3.8) is 0 Å². The van der Waals surface area contributed by atoms with E-state index in [0.717, 1.165) is 64.2 Å². The molecule has 0 aliphatic heterocycles. The second-order valence-electron chi connectivity index (χ2n) is 11.2. The fraction of sp³-hybridized carbons (Fsp3) is 0.429. The second-order valence-corrected chi connectivity index (χ2v) is 11.2. The van der Waals surface area contributed by atoms with E-state index in [1.165, 1.54) is 62.7 Å². The molecule has 0 amide bonds. The van der Waals surface area contributed by atoms with Crippen LogP contribution in [-0.2, 0) is 6.42 Å². The van der Waals surface area contributed by atoms with E-state index in [2.05, 4.69) is 103 Å². The molecule has 4 N–H and O–H groups in total. The van der Waals surface area contributed by atoms with Crippen molar-refractivity contribution < 1.29 is 0 Å². The lowest BCUT2D eigenvalue weighted by Crippen LogP contribution is -2.19. The molecule has 0 bridgehead atoms. The molecule has 0 unspecified atom stereocenters. The maximum atomic E-state index is 5.56. The van der Waals surface area contributed by atoms with E-state index < -0.39 is 0 Å². The molecular formula is C35H48N6. The zero-order chi connectivity index (χ0) is 29.0. The van der Waals surface area contributed by atoms with Crippen LogP contribution in [0.15, 0.2) is 60.7 Å². The summed E-state index contributed by atoms with van der Waals surface area (Å²) in [6, 6.07) is 21.3. The predicted molar refractivity (Wildman–Crippen MR) is 175 cm³/mol. The fourth-order valence-electron chi connectivity index (χ4n) is 5.26. The van der Waals surface area contributed by atoms with Gasteiger partial charge in [-0.1, -0.05) is 63.4 Å². The molecule has 0 aliphatic rings. The molecule has 0 radical (unpaired) electrons. The molecule has 2 heterocycles. The number of aromatic amines is 2. The second kappa shape index (κ2) is 15.5. The van der Waals surface area contributed by atoms with Crippen LogP contribution in [0.1, 0.15) is 69.9 Å². The van der Waals surface area contributed by atoms with Crippen LogP contribution < -0.4 is 5.73 Å². The van der Waals surface area contributed by atoms with Crippen LogP contribution in [0.5, 0.6) is 0 Å². The van der Waals surface area contributed by atoms with Crippen molar-refractivity contribution in [2.75, 3.05) is 26.7 Å². The molecule has 0 atom stereocenters. The van der Waals surface area contributed by atoms with Crippen molar-refractivity contribution in [3.8, 4) is 22.8 Å². The third kappa shape index (κ3) is 8.75. The summed E-state index contributed by atoms with van der Waals surface area (Å²) < 4.78 is 0. The van der Waals surface area contributed by atoms with E-state index in [9.17, 15) is 0 Å². The van der Waals surface area contributed by atoms with E-state index in [1.807, 2.05) is 0 Å². The third-order valence-electron chi connectivity index (χ3n) is 7.50. The number of rotatable bonds is 13. The summed E-state index contributed by atoms with van der Waals surface area (Å²) >= 11 is 0. The number of imidazole rings is 2. The van der Waals surface area contributed by atoms with Crippen molar-refractivity contribution >= 4 is 22.1 Å². The molecule has 0 saturated carbocycles. The van der Waals surface area contributed by atoms with E-state index in [4.69, 9.17) is 15.7 Å². The average molecular weight is 553 g/mol. The number of fused-ring (bicyclic) bond motifs is 2. The average Bonchev–Trinajstić information content (AvgIpc) is 3.59. The maximum absolute atomic E-state index is 5.56. The SMILES string of the molecule is CCCN(C)CCC.Cc1ccc2nc(-c3ccc4nc(-c5ccc(CCCCCCCN)cc5)[nH]c4c3)[nH]c2c1. The smallest absolute Gasteiger partial charge is 0.138 e. The first-order valence-corrected chi connectivity index (χ1v) is 15.4.